The number of nitrogens with zero attached hydrogens (tertiary/aromatic N) is 2. The Morgan fingerprint density at radius 1 is 1.29 bits per heavy atom. The highest BCUT2D eigenvalue weighted by Gasteiger charge is 2.31. The molecule has 2 heterocycles. The van der Waals surface area contributed by atoms with Crippen molar-refractivity contribution in [3.05, 3.63) is 64.9 Å². The Kier molecular flexibility index (Phi) is 5.48. The van der Waals surface area contributed by atoms with Crippen molar-refractivity contribution in [2.75, 3.05) is 13.1 Å². The number of pyridine rings is 1. The third kappa shape index (κ3) is 3.94. The van der Waals surface area contributed by atoms with Crippen molar-refractivity contribution in [1.82, 2.24) is 9.88 Å². The largest absolute Gasteiger partial charge is 0.481 e. The summed E-state index contributed by atoms with van der Waals surface area (Å²) in [6.45, 7) is 1.44. The van der Waals surface area contributed by atoms with Crippen molar-refractivity contribution >= 4 is 17.6 Å². The number of rotatable bonds is 5. The van der Waals surface area contributed by atoms with Gasteiger partial charge in [0, 0.05) is 35.9 Å². The maximum Gasteiger partial charge on any atom is 0.307 e. The van der Waals surface area contributed by atoms with E-state index in [0.717, 1.165) is 42.1 Å². The van der Waals surface area contributed by atoms with Gasteiger partial charge in [-0.3, -0.25) is 14.7 Å². The first-order valence-corrected chi connectivity index (χ1v) is 8.64. The Morgan fingerprint density at radius 3 is 2.79 bits per heavy atom. The van der Waals surface area contributed by atoms with E-state index in [0.29, 0.717) is 6.54 Å². The molecule has 1 aromatic heterocycles. The van der Waals surface area contributed by atoms with Crippen LogP contribution < -0.4 is 0 Å². The van der Waals surface area contributed by atoms with Crippen LogP contribution >= 0.6 is 11.6 Å². The normalized spacial score (nSPS) is 19.8. The summed E-state index contributed by atoms with van der Waals surface area (Å²) >= 11 is 6.44. The van der Waals surface area contributed by atoms with E-state index in [-0.39, 0.29) is 12.0 Å². The number of benzene rings is 1. The lowest BCUT2D eigenvalue weighted by molar-refractivity contribution is -0.144. The Balaban J connectivity index is 1.90. The van der Waals surface area contributed by atoms with Crippen LogP contribution in [0.1, 0.15) is 30.1 Å². The van der Waals surface area contributed by atoms with Gasteiger partial charge in [0.2, 0.25) is 0 Å². The van der Waals surface area contributed by atoms with Gasteiger partial charge in [0.25, 0.3) is 0 Å². The maximum absolute atomic E-state index is 11.4. The van der Waals surface area contributed by atoms with Gasteiger partial charge in [0.05, 0.1) is 5.92 Å². The minimum absolute atomic E-state index is 0.0377. The number of hydrogen-bond acceptors (Lipinski definition) is 3. The molecular weight excluding hydrogens is 324 g/mol. The molecule has 0 radical (unpaired) electrons. The third-order valence-corrected chi connectivity index (χ3v) is 4.98. The number of aromatic nitrogens is 1. The summed E-state index contributed by atoms with van der Waals surface area (Å²) in [4.78, 5) is 18.1. The smallest absolute Gasteiger partial charge is 0.307 e. The molecule has 0 saturated carbocycles. The van der Waals surface area contributed by atoms with Gasteiger partial charge in [-0.1, -0.05) is 35.9 Å². The van der Waals surface area contributed by atoms with Crippen molar-refractivity contribution < 1.29 is 9.90 Å². The lowest BCUT2D eigenvalue weighted by Gasteiger charge is -2.37. The molecule has 0 amide bonds. The van der Waals surface area contributed by atoms with Crippen molar-refractivity contribution in [2.45, 2.75) is 25.3 Å². The Labute approximate surface area is 147 Å². The number of carbonyl (C=O) groups is 1. The maximum atomic E-state index is 11.4. The lowest BCUT2D eigenvalue weighted by Crippen LogP contribution is -2.41. The molecular formula is C19H21ClN2O2. The number of aliphatic carboxylic acids is 1. The summed E-state index contributed by atoms with van der Waals surface area (Å²) in [5.74, 6) is -1.03. The van der Waals surface area contributed by atoms with Crippen LogP contribution in [0.5, 0.6) is 0 Å². The molecule has 3 rings (SSSR count). The summed E-state index contributed by atoms with van der Waals surface area (Å²) in [6.07, 6.45) is 4.14. The molecule has 2 atom stereocenters. The van der Waals surface area contributed by atoms with Gasteiger partial charge in [-0.25, -0.2) is 0 Å². The number of likely N-dealkylation sites (tertiary alicyclic amines) is 1. The van der Waals surface area contributed by atoms with Gasteiger partial charge in [-0.15, -0.1) is 0 Å². The standard InChI is InChI=1S/C19H21ClN2O2/c20-17-9-2-1-8-16(17)18(12-15-7-3-4-10-21-15)22-11-5-6-14(13-22)19(23)24/h1-4,7-10,14,18H,5-6,11-13H2,(H,23,24). The van der Waals surface area contributed by atoms with E-state index in [1.165, 1.54) is 0 Å². The molecule has 1 saturated heterocycles. The lowest BCUT2D eigenvalue weighted by atomic mass is 9.93. The van der Waals surface area contributed by atoms with Crippen LogP contribution in [0.25, 0.3) is 0 Å². The Bertz CT molecular complexity index is 693. The number of piperidine rings is 1. The minimum Gasteiger partial charge on any atom is -0.481 e. The van der Waals surface area contributed by atoms with Gasteiger partial charge in [-0.2, -0.15) is 0 Å². The quantitative estimate of drug-likeness (QED) is 0.896. The second-order valence-electron chi connectivity index (χ2n) is 6.23. The van der Waals surface area contributed by atoms with E-state index in [4.69, 9.17) is 11.6 Å². The predicted octanol–water partition coefficient (Wildman–Crippen LogP) is 3.82. The molecule has 1 aliphatic heterocycles. The van der Waals surface area contributed by atoms with Crippen molar-refractivity contribution in [2.24, 2.45) is 5.92 Å². The van der Waals surface area contributed by atoms with Crippen LogP contribution in [-0.2, 0) is 11.2 Å². The summed E-state index contributed by atoms with van der Waals surface area (Å²) in [5.41, 5.74) is 2.02. The van der Waals surface area contributed by atoms with E-state index in [1.807, 2.05) is 42.5 Å². The van der Waals surface area contributed by atoms with Gasteiger partial charge in [-0.05, 0) is 43.1 Å². The average molecular weight is 345 g/mol. The van der Waals surface area contributed by atoms with Crippen LogP contribution in [-0.4, -0.2) is 34.0 Å². The Hall–Kier alpha value is -1.91. The SMILES string of the molecule is O=C(O)C1CCCN(C(Cc2ccccn2)c2ccccc2Cl)C1. The highest BCUT2D eigenvalue weighted by molar-refractivity contribution is 6.31. The van der Waals surface area contributed by atoms with Crippen molar-refractivity contribution in [3.63, 3.8) is 0 Å². The first-order chi connectivity index (χ1) is 11.6. The van der Waals surface area contributed by atoms with Crippen LogP contribution in [0, 0.1) is 5.92 Å². The molecule has 126 valence electrons. The van der Waals surface area contributed by atoms with E-state index < -0.39 is 5.97 Å². The first-order valence-electron chi connectivity index (χ1n) is 8.26. The zero-order chi connectivity index (χ0) is 16.9. The van der Waals surface area contributed by atoms with Crippen LogP contribution in [0.2, 0.25) is 5.02 Å². The molecule has 1 aliphatic rings. The van der Waals surface area contributed by atoms with Crippen molar-refractivity contribution in [3.8, 4) is 0 Å². The second kappa shape index (κ2) is 7.77. The molecule has 0 bridgehead atoms. The molecule has 1 fully saturated rings. The van der Waals surface area contributed by atoms with E-state index in [2.05, 4.69) is 9.88 Å². The highest BCUT2D eigenvalue weighted by Crippen LogP contribution is 2.33. The predicted molar refractivity (Wildman–Crippen MR) is 94.1 cm³/mol. The summed E-state index contributed by atoms with van der Waals surface area (Å²) < 4.78 is 0. The van der Waals surface area contributed by atoms with Gasteiger partial charge in [0.15, 0.2) is 0 Å². The minimum atomic E-state index is -0.713. The molecule has 0 spiro atoms. The molecule has 1 N–H and O–H groups in total. The fraction of sp³-hybridized carbons (Fsp3) is 0.368. The van der Waals surface area contributed by atoms with Gasteiger partial charge < -0.3 is 5.11 Å². The van der Waals surface area contributed by atoms with Gasteiger partial charge >= 0.3 is 5.97 Å². The number of hydrogen-bond donors (Lipinski definition) is 1. The van der Waals surface area contributed by atoms with E-state index >= 15 is 0 Å². The topological polar surface area (TPSA) is 53.4 Å². The van der Waals surface area contributed by atoms with E-state index in [9.17, 15) is 9.90 Å². The molecule has 0 aliphatic carbocycles. The zero-order valence-electron chi connectivity index (χ0n) is 13.4. The number of carboxylic acids is 1. The first kappa shape index (κ1) is 16.9. The second-order valence-corrected chi connectivity index (χ2v) is 6.64. The summed E-state index contributed by atoms with van der Waals surface area (Å²) in [7, 11) is 0. The molecule has 4 nitrogen and oxygen atoms in total. The van der Waals surface area contributed by atoms with Crippen LogP contribution in [0.15, 0.2) is 48.7 Å². The Morgan fingerprint density at radius 2 is 2.08 bits per heavy atom. The summed E-state index contributed by atoms with van der Waals surface area (Å²) in [5, 5.41) is 10.1. The molecule has 24 heavy (non-hydrogen) atoms. The zero-order valence-corrected chi connectivity index (χ0v) is 14.2. The fourth-order valence-electron chi connectivity index (χ4n) is 3.39. The van der Waals surface area contributed by atoms with E-state index in [1.54, 1.807) is 6.20 Å². The van der Waals surface area contributed by atoms with Crippen molar-refractivity contribution in [1.29, 1.82) is 0 Å². The summed E-state index contributed by atoms with van der Waals surface area (Å²) in [6, 6.07) is 13.7. The molecule has 2 unspecified atom stereocenters. The van der Waals surface area contributed by atoms with Crippen LogP contribution in [0.4, 0.5) is 0 Å². The fourth-order valence-corrected chi connectivity index (χ4v) is 3.65. The third-order valence-electron chi connectivity index (χ3n) is 4.64. The number of carboxylic acid groups (broad SMARTS) is 1. The highest BCUT2D eigenvalue weighted by atomic mass is 35.5. The van der Waals surface area contributed by atoms with Gasteiger partial charge in [0.1, 0.15) is 0 Å². The molecule has 1 aromatic carbocycles. The molecule has 5 heteroatoms. The van der Waals surface area contributed by atoms with Crippen LogP contribution in [0.3, 0.4) is 0 Å². The monoisotopic (exact) mass is 344 g/mol. The average Bonchev–Trinajstić information content (AvgIpc) is 2.61. The molecule has 2 aromatic rings. The number of halogens is 1.